The fourth-order valence-corrected chi connectivity index (χ4v) is 3.65. The maximum atomic E-state index is 14.0. The lowest BCUT2D eigenvalue weighted by atomic mass is 9.99. The first-order valence-corrected chi connectivity index (χ1v) is 10.0. The van der Waals surface area contributed by atoms with Gasteiger partial charge in [-0.3, -0.25) is 4.99 Å². The van der Waals surface area contributed by atoms with E-state index in [1.165, 1.54) is 24.4 Å². The summed E-state index contributed by atoms with van der Waals surface area (Å²) in [6, 6.07) is 11.1. The molecule has 0 spiro atoms. The lowest BCUT2D eigenvalue weighted by Crippen LogP contribution is -2.19. The summed E-state index contributed by atoms with van der Waals surface area (Å²) >= 11 is 0. The predicted molar refractivity (Wildman–Crippen MR) is 112 cm³/mol. The number of aliphatic imine (C=N–C) groups is 2. The van der Waals surface area contributed by atoms with E-state index >= 15 is 0 Å². The van der Waals surface area contributed by atoms with E-state index in [0.29, 0.717) is 18.6 Å². The molecule has 8 heteroatoms. The highest BCUT2D eigenvalue weighted by atomic mass is 19.4. The Hall–Kier alpha value is -3.29. The van der Waals surface area contributed by atoms with Crippen molar-refractivity contribution >= 4 is 17.2 Å². The van der Waals surface area contributed by atoms with Crippen molar-refractivity contribution in [2.75, 3.05) is 6.61 Å². The van der Waals surface area contributed by atoms with Crippen LogP contribution in [0.1, 0.15) is 42.0 Å². The summed E-state index contributed by atoms with van der Waals surface area (Å²) < 4.78 is 69.8. The van der Waals surface area contributed by atoms with E-state index in [4.69, 9.17) is 4.74 Å². The molecule has 2 aliphatic heterocycles. The van der Waals surface area contributed by atoms with Crippen LogP contribution in [-0.2, 0) is 4.74 Å². The van der Waals surface area contributed by atoms with Crippen LogP contribution in [0.2, 0.25) is 0 Å². The molecule has 32 heavy (non-hydrogen) atoms. The lowest BCUT2D eigenvalue weighted by molar-refractivity contribution is -0.156. The Morgan fingerprint density at radius 3 is 2.41 bits per heavy atom. The van der Waals surface area contributed by atoms with Gasteiger partial charge in [0, 0.05) is 18.3 Å². The monoisotopic (exact) mass is 446 g/mol. The van der Waals surface area contributed by atoms with Gasteiger partial charge in [0.1, 0.15) is 11.6 Å². The first kappa shape index (κ1) is 21.9. The third kappa shape index (κ3) is 5.12. The smallest absolute Gasteiger partial charge is 0.422 e. The SMILES string of the molecule is Fc1cccc(F)c1C1=NC(c2ccc(C3=CN=C(OCC(F)(F)F)CC=C3)cc2)CC1. The van der Waals surface area contributed by atoms with E-state index in [1.807, 2.05) is 24.3 Å². The summed E-state index contributed by atoms with van der Waals surface area (Å²) in [6.07, 6.45) is 1.81. The maximum Gasteiger partial charge on any atom is 0.422 e. The number of alkyl halides is 3. The van der Waals surface area contributed by atoms with E-state index in [0.717, 1.165) is 16.7 Å². The standard InChI is InChI=1S/C24H19F5N2O/c25-18-4-2-5-19(26)23(18)21-12-11-20(31-21)16-9-7-15(8-10-16)17-3-1-6-22(30-13-17)32-14-24(27,28)29/h1-5,7-10,13,20H,6,11-12,14H2. The van der Waals surface area contributed by atoms with Gasteiger partial charge in [-0.15, -0.1) is 0 Å². The predicted octanol–water partition coefficient (Wildman–Crippen LogP) is 6.57. The molecule has 0 N–H and O–H groups in total. The van der Waals surface area contributed by atoms with Crippen LogP contribution < -0.4 is 0 Å². The molecule has 0 bridgehead atoms. The summed E-state index contributed by atoms with van der Waals surface area (Å²) in [5, 5.41) is 0. The summed E-state index contributed by atoms with van der Waals surface area (Å²) in [5.41, 5.74) is 2.82. The summed E-state index contributed by atoms with van der Waals surface area (Å²) in [7, 11) is 0. The van der Waals surface area contributed by atoms with Gasteiger partial charge in [-0.05, 0) is 41.7 Å². The Morgan fingerprint density at radius 1 is 1.00 bits per heavy atom. The van der Waals surface area contributed by atoms with E-state index in [9.17, 15) is 22.0 Å². The maximum absolute atomic E-state index is 14.0. The third-order valence-electron chi connectivity index (χ3n) is 5.19. The Bertz CT molecular complexity index is 1090. The molecular weight excluding hydrogens is 427 g/mol. The first-order chi connectivity index (χ1) is 15.3. The zero-order valence-electron chi connectivity index (χ0n) is 16.9. The molecule has 0 fully saturated rings. The number of ether oxygens (including phenoxy) is 1. The molecule has 0 aromatic heterocycles. The summed E-state index contributed by atoms with van der Waals surface area (Å²) in [4.78, 5) is 8.56. The highest BCUT2D eigenvalue weighted by Crippen LogP contribution is 2.33. The molecule has 1 unspecified atom stereocenters. The third-order valence-corrected chi connectivity index (χ3v) is 5.19. The largest absolute Gasteiger partial charge is 0.471 e. The summed E-state index contributed by atoms with van der Waals surface area (Å²) in [5.74, 6) is -1.24. The van der Waals surface area contributed by atoms with Gasteiger partial charge in [0.25, 0.3) is 0 Å². The zero-order chi connectivity index (χ0) is 22.7. The van der Waals surface area contributed by atoms with Gasteiger partial charge in [0.15, 0.2) is 12.5 Å². The number of allylic oxidation sites excluding steroid dienone is 2. The molecular formula is C24H19F5N2O. The molecule has 0 saturated carbocycles. The van der Waals surface area contributed by atoms with Crippen LogP contribution in [0.25, 0.3) is 5.57 Å². The van der Waals surface area contributed by atoms with Crippen molar-refractivity contribution in [1.82, 2.24) is 0 Å². The van der Waals surface area contributed by atoms with Gasteiger partial charge in [-0.25, -0.2) is 13.8 Å². The van der Waals surface area contributed by atoms with Crippen molar-refractivity contribution in [2.24, 2.45) is 9.98 Å². The van der Waals surface area contributed by atoms with Crippen LogP contribution in [0.15, 0.2) is 70.8 Å². The van der Waals surface area contributed by atoms with Crippen LogP contribution in [-0.4, -0.2) is 24.4 Å². The number of nitrogens with zero attached hydrogens (tertiary/aromatic N) is 2. The second-order valence-electron chi connectivity index (χ2n) is 7.47. The van der Waals surface area contributed by atoms with Crippen LogP contribution in [0.3, 0.4) is 0 Å². The first-order valence-electron chi connectivity index (χ1n) is 10.0. The summed E-state index contributed by atoms with van der Waals surface area (Å²) in [6.45, 7) is -1.38. The minimum Gasteiger partial charge on any atom is -0.471 e. The van der Waals surface area contributed by atoms with Gasteiger partial charge in [0.05, 0.1) is 11.6 Å². The second-order valence-corrected chi connectivity index (χ2v) is 7.47. The van der Waals surface area contributed by atoms with E-state index in [1.54, 1.807) is 12.2 Å². The minimum atomic E-state index is -4.42. The van der Waals surface area contributed by atoms with Crippen molar-refractivity contribution in [3.8, 4) is 0 Å². The van der Waals surface area contributed by atoms with Gasteiger partial charge >= 0.3 is 6.18 Å². The van der Waals surface area contributed by atoms with Gasteiger partial charge in [-0.2, -0.15) is 13.2 Å². The molecule has 2 aromatic carbocycles. The van der Waals surface area contributed by atoms with Crippen molar-refractivity contribution < 1.29 is 26.7 Å². The lowest BCUT2D eigenvalue weighted by Gasteiger charge is -2.09. The molecule has 2 aliphatic rings. The Balaban J connectivity index is 1.48. The van der Waals surface area contributed by atoms with Crippen LogP contribution in [0.5, 0.6) is 0 Å². The van der Waals surface area contributed by atoms with Crippen LogP contribution >= 0.6 is 0 Å². The Labute approximate surface area is 181 Å². The number of hydrogen-bond donors (Lipinski definition) is 0. The quantitative estimate of drug-likeness (QED) is 0.489. The molecule has 1 atom stereocenters. The number of benzene rings is 2. The fourth-order valence-electron chi connectivity index (χ4n) is 3.65. The number of halogens is 5. The highest BCUT2D eigenvalue weighted by molar-refractivity contribution is 6.02. The average Bonchev–Trinajstić information content (AvgIpc) is 3.10. The minimum absolute atomic E-state index is 0.00149. The molecule has 166 valence electrons. The molecule has 0 radical (unpaired) electrons. The fraction of sp³-hybridized carbons (Fsp3) is 0.250. The van der Waals surface area contributed by atoms with Gasteiger partial charge < -0.3 is 4.74 Å². The zero-order valence-corrected chi connectivity index (χ0v) is 16.9. The average molecular weight is 446 g/mol. The Kier molecular flexibility index (Phi) is 6.21. The van der Waals surface area contributed by atoms with Crippen molar-refractivity contribution in [3.63, 3.8) is 0 Å². The second kappa shape index (κ2) is 9.06. The number of rotatable bonds is 4. The van der Waals surface area contributed by atoms with Crippen molar-refractivity contribution in [1.29, 1.82) is 0 Å². The van der Waals surface area contributed by atoms with Crippen molar-refractivity contribution in [3.05, 3.63) is 89.1 Å². The van der Waals surface area contributed by atoms with Crippen LogP contribution in [0, 0.1) is 11.6 Å². The molecule has 2 aromatic rings. The highest BCUT2D eigenvalue weighted by Gasteiger charge is 2.29. The van der Waals surface area contributed by atoms with E-state index in [-0.39, 0.29) is 23.9 Å². The molecule has 0 amide bonds. The Morgan fingerprint density at radius 2 is 1.72 bits per heavy atom. The van der Waals surface area contributed by atoms with Crippen molar-refractivity contribution in [2.45, 2.75) is 31.5 Å². The van der Waals surface area contributed by atoms with E-state index in [2.05, 4.69) is 9.98 Å². The van der Waals surface area contributed by atoms with Gasteiger partial charge in [-0.1, -0.05) is 42.5 Å². The van der Waals surface area contributed by atoms with Crippen LogP contribution in [0.4, 0.5) is 22.0 Å². The molecule has 4 rings (SSSR count). The topological polar surface area (TPSA) is 34.0 Å². The normalized spacial score (nSPS) is 18.7. The van der Waals surface area contributed by atoms with E-state index < -0.39 is 24.4 Å². The molecule has 2 heterocycles. The molecule has 3 nitrogen and oxygen atoms in total. The number of hydrogen-bond acceptors (Lipinski definition) is 3. The molecule has 0 saturated heterocycles. The molecule has 0 aliphatic carbocycles. The van der Waals surface area contributed by atoms with Gasteiger partial charge in [0.2, 0.25) is 0 Å².